The monoisotopic (exact) mass is 409 g/mol. The van der Waals surface area contributed by atoms with Gasteiger partial charge >= 0.3 is 0 Å². The molecule has 2 aromatic carbocycles. The Morgan fingerprint density at radius 3 is 2.57 bits per heavy atom. The molecule has 4 heteroatoms. The highest BCUT2D eigenvalue weighted by molar-refractivity contribution is 9.10. The molecule has 1 heterocycles. The van der Waals surface area contributed by atoms with Crippen molar-refractivity contribution in [2.75, 3.05) is 6.61 Å². The summed E-state index contributed by atoms with van der Waals surface area (Å²) in [5.41, 5.74) is 2.53. The van der Waals surface area contributed by atoms with E-state index in [2.05, 4.69) is 74.4 Å². The topological polar surface area (TPSA) is 21.3 Å². The molecule has 0 saturated carbocycles. The van der Waals surface area contributed by atoms with Crippen LogP contribution in [0.2, 0.25) is 0 Å². The van der Waals surface area contributed by atoms with Crippen LogP contribution in [-0.2, 0) is 0 Å². The molecule has 0 saturated heterocycles. The van der Waals surface area contributed by atoms with Gasteiger partial charge in [0.2, 0.25) is 0 Å². The van der Waals surface area contributed by atoms with Crippen LogP contribution in [-0.4, -0.2) is 6.61 Å². The molecule has 0 fully saturated rings. The SMILES string of the molecule is CC(NC1CCOc2ccc(Br)cc21)c1ccc(Br)cc1. The molecule has 2 aromatic rings. The first-order valence-electron chi connectivity index (χ1n) is 7.07. The van der Waals surface area contributed by atoms with E-state index in [4.69, 9.17) is 4.74 Å². The van der Waals surface area contributed by atoms with Gasteiger partial charge in [0.15, 0.2) is 0 Å². The molecule has 1 N–H and O–H groups in total. The third-order valence-electron chi connectivity index (χ3n) is 3.83. The quantitative estimate of drug-likeness (QED) is 0.732. The van der Waals surface area contributed by atoms with Crippen molar-refractivity contribution in [3.8, 4) is 5.75 Å². The summed E-state index contributed by atoms with van der Waals surface area (Å²) < 4.78 is 7.95. The summed E-state index contributed by atoms with van der Waals surface area (Å²) in [5.74, 6) is 0.991. The van der Waals surface area contributed by atoms with Crippen LogP contribution in [0.15, 0.2) is 51.4 Å². The van der Waals surface area contributed by atoms with Crippen molar-refractivity contribution < 1.29 is 4.74 Å². The second-order valence-electron chi connectivity index (χ2n) is 5.31. The first-order chi connectivity index (χ1) is 10.1. The maximum atomic E-state index is 5.74. The minimum Gasteiger partial charge on any atom is -0.493 e. The first kappa shape index (κ1) is 15.1. The lowest BCUT2D eigenvalue weighted by molar-refractivity contribution is 0.246. The van der Waals surface area contributed by atoms with Crippen molar-refractivity contribution >= 4 is 31.9 Å². The van der Waals surface area contributed by atoms with Gasteiger partial charge in [-0.2, -0.15) is 0 Å². The second-order valence-corrected chi connectivity index (χ2v) is 7.14. The summed E-state index contributed by atoms with van der Waals surface area (Å²) in [5, 5.41) is 3.72. The van der Waals surface area contributed by atoms with Crippen molar-refractivity contribution in [2.45, 2.75) is 25.4 Å². The molecule has 0 aliphatic carbocycles. The lowest BCUT2D eigenvalue weighted by atomic mass is 9.98. The first-order valence-corrected chi connectivity index (χ1v) is 8.66. The molecule has 2 unspecified atom stereocenters. The van der Waals surface area contributed by atoms with E-state index in [0.29, 0.717) is 12.1 Å². The van der Waals surface area contributed by atoms with Gasteiger partial charge in [-0.1, -0.05) is 44.0 Å². The van der Waals surface area contributed by atoms with Gasteiger partial charge in [-0.25, -0.2) is 0 Å². The third-order valence-corrected chi connectivity index (χ3v) is 4.85. The molecule has 0 spiro atoms. The van der Waals surface area contributed by atoms with Crippen molar-refractivity contribution in [3.63, 3.8) is 0 Å². The Balaban J connectivity index is 1.80. The summed E-state index contributed by atoms with van der Waals surface area (Å²) in [4.78, 5) is 0. The lowest BCUT2D eigenvalue weighted by Crippen LogP contribution is -2.29. The van der Waals surface area contributed by atoms with Crippen molar-refractivity contribution in [2.24, 2.45) is 0 Å². The minimum absolute atomic E-state index is 0.299. The molecule has 2 atom stereocenters. The summed E-state index contributed by atoms with van der Waals surface area (Å²) in [6.07, 6.45) is 0.990. The maximum Gasteiger partial charge on any atom is 0.124 e. The zero-order valence-electron chi connectivity index (χ0n) is 11.8. The van der Waals surface area contributed by atoms with Crippen LogP contribution in [0.3, 0.4) is 0 Å². The summed E-state index contributed by atoms with van der Waals surface area (Å²) in [6, 6.07) is 15.3. The van der Waals surface area contributed by atoms with E-state index in [0.717, 1.165) is 27.7 Å². The number of benzene rings is 2. The van der Waals surface area contributed by atoms with E-state index >= 15 is 0 Å². The smallest absolute Gasteiger partial charge is 0.124 e. The van der Waals surface area contributed by atoms with Gasteiger partial charge < -0.3 is 10.1 Å². The maximum absolute atomic E-state index is 5.74. The van der Waals surface area contributed by atoms with Crippen LogP contribution in [0, 0.1) is 0 Å². The van der Waals surface area contributed by atoms with Gasteiger partial charge in [-0.15, -0.1) is 0 Å². The van der Waals surface area contributed by atoms with Gasteiger partial charge in [0.1, 0.15) is 5.75 Å². The van der Waals surface area contributed by atoms with Crippen LogP contribution < -0.4 is 10.1 Å². The van der Waals surface area contributed by atoms with Crippen LogP contribution in [0.5, 0.6) is 5.75 Å². The number of hydrogen-bond donors (Lipinski definition) is 1. The van der Waals surface area contributed by atoms with Gasteiger partial charge in [0, 0.05) is 33.0 Å². The Labute approximate surface area is 142 Å². The highest BCUT2D eigenvalue weighted by Gasteiger charge is 2.23. The van der Waals surface area contributed by atoms with Gasteiger partial charge in [-0.3, -0.25) is 0 Å². The van der Waals surface area contributed by atoms with E-state index in [1.807, 2.05) is 12.1 Å². The molecule has 0 radical (unpaired) electrons. The Morgan fingerprint density at radius 1 is 1.10 bits per heavy atom. The molecular formula is C17H17Br2NO. The Kier molecular flexibility index (Phi) is 4.67. The molecule has 21 heavy (non-hydrogen) atoms. The minimum atomic E-state index is 0.299. The Hall–Kier alpha value is -0.840. The van der Waals surface area contributed by atoms with E-state index in [1.54, 1.807) is 0 Å². The predicted molar refractivity (Wildman–Crippen MR) is 92.7 cm³/mol. The fraction of sp³-hybridized carbons (Fsp3) is 0.294. The zero-order chi connectivity index (χ0) is 14.8. The van der Waals surface area contributed by atoms with Crippen LogP contribution in [0.25, 0.3) is 0 Å². The molecule has 110 valence electrons. The Bertz CT molecular complexity index is 627. The third kappa shape index (κ3) is 3.50. The van der Waals surface area contributed by atoms with Crippen LogP contribution in [0.1, 0.15) is 36.6 Å². The molecule has 2 nitrogen and oxygen atoms in total. The number of rotatable bonds is 3. The largest absolute Gasteiger partial charge is 0.493 e. The second kappa shape index (κ2) is 6.51. The summed E-state index contributed by atoms with van der Waals surface area (Å²) in [6.45, 7) is 2.97. The standard InChI is InChI=1S/C17H17Br2NO/c1-11(12-2-4-13(18)5-3-12)20-16-8-9-21-17-7-6-14(19)10-15(16)17/h2-7,10-11,16,20H,8-9H2,1H3. The number of halogens is 2. The molecule has 3 rings (SSSR count). The zero-order valence-corrected chi connectivity index (χ0v) is 14.9. The summed E-state index contributed by atoms with van der Waals surface area (Å²) >= 11 is 7.03. The fourth-order valence-electron chi connectivity index (χ4n) is 2.69. The van der Waals surface area contributed by atoms with Gasteiger partial charge in [0.25, 0.3) is 0 Å². The van der Waals surface area contributed by atoms with Crippen molar-refractivity contribution in [1.29, 1.82) is 0 Å². The highest BCUT2D eigenvalue weighted by atomic mass is 79.9. The number of fused-ring (bicyclic) bond motifs is 1. The number of ether oxygens (including phenoxy) is 1. The molecule has 0 bridgehead atoms. The Morgan fingerprint density at radius 2 is 1.81 bits per heavy atom. The van der Waals surface area contributed by atoms with E-state index in [9.17, 15) is 0 Å². The van der Waals surface area contributed by atoms with Crippen molar-refractivity contribution in [3.05, 3.63) is 62.5 Å². The average molecular weight is 411 g/mol. The predicted octanol–water partition coefficient (Wildman–Crippen LogP) is 5.39. The van der Waals surface area contributed by atoms with E-state index in [-0.39, 0.29) is 0 Å². The molecule has 1 aliphatic heterocycles. The summed E-state index contributed by atoms with van der Waals surface area (Å²) in [7, 11) is 0. The van der Waals surface area contributed by atoms with Gasteiger partial charge in [-0.05, 0) is 42.8 Å². The fourth-order valence-corrected chi connectivity index (χ4v) is 3.33. The molecule has 0 amide bonds. The average Bonchev–Trinajstić information content (AvgIpc) is 2.48. The van der Waals surface area contributed by atoms with Gasteiger partial charge in [0.05, 0.1) is 6.61 Å². The normalized spacial score (nSPS) is 18.7. The van der Waals surface area contributed by atoms with E-state index < -0.39 is 0 Å². The van der Waals surface area contributed by atoms with Crippen LogP contribution in [0.4, 0.5) is 0 Å². The molecular weight excluding hydrogens is 394 g/mol. The molecule has 0 aromatic heterocycles. The van der Waals surface area contributed by atoms with Crippen LogP contribution >= 0.6 is 31.9 Å². The number of nitrogens with one attached hydrogen (secondary N) is 1. The molecule has 1 aliphatic rings. The number of hydrogen-bond acceptors (Lipinski definition) is 2. The van der Waals surface area contributed by atoms with E-state index in [1.165, 1.54) is 11.1 Å². The highest BCUT2D eigenvalue weighted by Crippen LogP contribution is 2.35. The lowest BCUT2D eigenvalue weighted by Gasteiger charge is -2.29. The van der Waals surface area contributed by atoms with Crippen molar-refractivity contribution in [1.82, 2.24) is 5.32 Å².